The first-order valence-corrected chi connectivity index (χ1v) is 17.8. The van der Waals surface area contributed by atoms with Crippen molar-refractivity contribution in [3.05, 3.63) is 138 Å². The van der Waals surface area contributed by atoms with Crippen molar-refractivity contribution in [2.24, 2.45) is 0 Å². The Balaban J connectivity index is 1.22. The zero-order valence-corrected chi connectivity index (χ0v) is 29.1. The van der Waals surface area contributed by atoms with E-state index in [0.29, 0.717) is 31.0 Å². The van der Waals surface area contributed by atoms with Crippen molar-refractivity contribution in [3.63, 3.8) is 0 Å². The Morgan fingerprint density at radius 2 is 1.64 bits per heavy atom. The monoisotopic (exact) mass is 685 g/mol. The number of hydrogen-bond acceptors (Lipinski definition) is 6. The first-order valence-electron chi connectivity index (χ1n) is 16.7. The number of aliphatic hydroxyl groups excluding tert-OH is 1. The zero-order valence-electron chi connectivity index (χ0n) is 28.3. The number of carbonyl (C=O) groups is 1. The highest BCUT2D eigenvalue weighted by molar-refractivity contribution is 7.84. The quantitative estimate of drug-likeness (QED) is 0.150. The normalized spacial score (nSPS) is 15.2. The van der Waals surface area contributed by atoms with Crippen molar-refractivity contribution in [2.75, 3.05) is 6.61 Å². The van der Waals surface area contributed by atoms with E-state index in [1.807, 2.05) is 134 Å². The topological polar surface area (TPSA) is 105 Å². The summed E-state index contributed by atoms with van der Waals surface area (Å²) >= 11 is 0. The van der Waals surface area contributed by atoms with Crippen LogP contribution in [-0.2, 0) is 24.1 Å². The van der Waals surface area contributed by atoms with Crippen LogP contribution in [0.25, 0.3) is 33.6 Å². The molecule has 9 heteroatoms. The number of para-hydroxylation sites is 2. The highest BCUT2D eigenvalue weighted by Gasteiger charge is 2.40. The fourth-order valence-corrected chi connectivity index (χ4v) is 7.72. The Morgan fingerprint density at radius 1 is 0.920 bits per heavy atom. The van der Waals surface area contributed by atoms with Crippen LogP contribution >= 0.6 is 0 Å². The maximum absolute atomic E-state index is 13.8. The molecular formula is C41H39N3O5S. The summed E-state index contributed by atoms with van der Waals surface area (Å²) in [6.07, 6.45) is 0.377. The second-order valence-corrected chi connectivity index (χ2v) is 15.6. The lowest BCUT2D eigenvalue weighted by atomic mass is 9.95. The van der Waals surface area contributed by atoms with Gasteiger partial charge >= 0.3 is 0 Å². The number of pyridine rings is 1. The molecule has 2 aromatic heterocycles. The second kappa shape index (κ2) is 14.0. The second-order valence-electron chi connectivity index (χ2n) is 13.4. The number of nitrogens with one attached hydrogen (secondary N) is 1. The molecule has 0 aliphatic carbocycles. The summed E-state index contributed by atoms with van der Waals surface area (Å²) in [5, 5.41) is 14.2. The lowest BCUT2D eigenvalue weighted by molar-refractivity contribution is 0.0946. The molecular weight excluding hydrogens is 647 g/mol. The standard InChI is InChI=1S/C41H39N3O5S/c1-41(2,3)50(47)44-26-31-23-34(40(46)42-25-27-16-18-33(19-17-27)48-32-13-5-4-6-14-32)43-39(38(31)35(44)20-21-45)30-12-9-11-28(22-30)37-24-29-10-7-8-15-36(29)49-37/h4-19,22-24,35,45H,20-21,25-26H2,1-3H3,(H,42,46)/t35-,50?/m1/s1. The van der Waals surface area contributed by atoms with Crippen molar-refractivity contribution in [2.45, 2.75) is 51.1 Å². The van der Waals surface area contributed by atoms with Gasteiger partial charge < -0.3 is 19.6 Å². The van der Waals surface area contributed by atoms with Gasteiger partial charge in [0.1, 0.15) is 39.5 Å². The van der Waals surface area contributed by atoms with Gasteiger partial charge in [0.25, 0.3) is 5.91 Å². The lowest BCUT2D eigenvalue weighted by Crippen LogP contribution is -2.36. The fraction of sp³-hybridized carbons (Fsp3) is 0.220. The summed E-state index contributed by atoms with van der Waals surface area (Å²) in [5.74, 6) is 1.86. The van der Waals surface area contributed by atoms with Crippen LogP contribution in [0.5, 0.6) is 11.5 Å². The predicted molar refractivity (Wildman–Crippen MR) is 197 cm³/mol. The highest BCUT2D eigenvalue weighted by atomic mass is 32.2. The van der Waals surface area contributed by atoms with E-state index in [0.717, 1.165) is 50.3 Å². The van der Waals surface area contributed by atoms with E-state index in [4.69, 9.17) is 14.1 Å². The van der Waals surface area contributed by atoms with Crippen molar-refractivity contribution in [1.29, 1.82) is 0 Å². The van der Waals surface area contributed by atoms with Gasteiger partial charge in [0, 0.05) is 41.8 Å². The third-order valence-corrected chi connectivity index (χ3v) is 10.6. The minimum Gasteiger partial charge on any atom is -0.457 e. The number of furan rings is 1. The van der Waals surface area contributed by atoms with Crippen LogP contribution in [0.4, 0.5) is 0 Å². The van der Waals surface area contributed by atoms with Crippen molar-refractivity contribution < 1.29 is 23.3 Å². The maximum Gasteiger partial charge on any atom is 0.270 e. The van der Waals surface area contributed by atoms with E-state index in [9.17, 15) is 14.1 Å². The minimum atomic E-state index is -1.37. The molecule has 0 bridgehead atoms. The molecule has 1 aliphatic heterocycles. The number of carbonyl (C=O) groups excluding carboxylic acids is 1. The summed E-state index contributed by atoms with van der Waals surface area (Å²) < 4.78 is 27.3. The molecule has 0 spiro atoms. The first kappa shape index (κ1) is 33.4. The summed E-state index contributed by atoms with van der Waals surface area (Å²) in [6.45, 7) is 6.41. The average molecular weight is 686 g/mol. The van der Waals surface area contributed by atoms with Gasteiger partial charge in [-0.15, -0.1) is 0 Å². The fourth-order valence-electron chi connectivity index (χ4n) is 6.32. The molecule has 2 atom stereocenters. The summed E-state index contributed by atoms with van der Waals surface area (Å²) in [5.41, 5.74) is 6.02. The largest absolute Gasteiger partial charge is 0.457 e. The van der Waals surface area contributed by atoms with E-state index in [1.54, 1.807) is 6.07 Å². The molecule has 50 heavy (non-hydrogen) atoms. The molecule has 4 aromatic carbocycles. The molecule has 1 aliphatic rings. The molecule has 0 fully saturated rings. The average Bonchev–Trinajstić information content (AvgIpc) is 3.73. The summed E-state index contributed by atoms with van der Waals surface area (Å²) in [4.78, 5) is 18.7. The number of hydrogen-bond donors (Lipinski definition) is 2. The van der Waals surface area contributed by atoms with Gasteiger partial charge in [-0.25, -0.2) is 13.5 Å². The van der Waals surface area contributed by atoms with E-state index < -0.39 is 15.7 Å². The van der Waals surface area contributed by atoms with Crippen LogP contribution in [-0.4, -0.2) is 35.9 Å². The molecule has 0 radical (unpaired) electrons. The first-order chi connectivity index (χ1) is 24.2. The van der Waals surface area contributed by atoms with E-state index in [-0.39, 0.29) is 24.2 Å². The molecule has 0 saturated heterocycles. The van der Waals surface area contributed by atoms with Crippen molar-refractivity contribution in [1.82, 2.24) is 14.6 Å². The molecule has 1 unspecified atom stereocenters. The number of aromatic nitrogens is 1. The van der Waals surface area contributed by atoms with Gasteiger partial charge in [0.05, 0.1) is 16.5 Å². The van der Waals surface area contributed by atoms with Gasteiger partial charge in [-0.2, -0.15) is 0 Å². The number of rotatable bonds is 10. The van der Waals surface area contributed by atoms with Crippen LogP contribution in [0.15, 0.2) is 120 Å². The molecule has 3 heterocycles. The third-order valence-electron chi connectivity index (χ3n) is 8.72. The van der Waals surface area contributed by atoms with Crippen LogP contribution in [0, 0.1) is 0 Å². The van der Waals surface area contributed by atoms with Crippen molar-refractivity contribution in [3.8, 4) is 34.1 Å². The molecule has 0 saturated carbocycles. The van der Waals surface area contributed by atoms with Gasteiger partial charge in [-0.1, -0.05) is 66.7 Å². The Labute approximate surface area is 294 Å². The van der Waals surface area contributed by atoms with Gasteiger partial charge in [-0.05, 0) is 86.8 Å². The van der Waals surface area contributed by atoms with Crippen LogP contribution in [0.3, 0.4) is 0 Å². The molecule has 2 N–H and O–H groups in total. The minimum absolute atomic E-state index is 0.0855. The maximum atomic E-state index is 13.8. The zero-order chi connectivity index (χ0) is 34.8. The Kier molecular flexibility index (Phi) is 9.38. The highest BCUT2D eigenvalue weighted by Crippen LogP contribution is 2.44. The molecule has 1 amide bonds. The summed E-state index contributed by atoms with van der Waals surface area (Å²) in [7, 11) is -1.37. The predicted octanol–water partition coefficient (Wildman–Crippen LogP) is 8.59. The lowest BCUT2D eigenvalue weighted by Gasteiger charge is -2.30. The Morgan fingerprint density at radius 3 is 2.38 bits per heavy atom. The van der Waals surface area contributed by atoms with E-state index >= 15 is 0 Å². The third kappa shape index (κ3) is 6.98. The molecule has 8 nitrogen and oxygen atoms in total. The van der Waals surface area contributed by atoms with Crippen LogP contribution in [0.1, 0.15) is 60.4 Å². The van der Waals surface area contributed by atoms with Gasteiger partial charge in [-0.3, -0.25) is 4.79 Å². The number of benzene rings is 4. The molecule has 7 rings (SSSR count). The smallest absolute Gasteiger partial charge is 0.270 e. The van der Waals surface area contributed by atoms with E-state index in [1.165, 1.54) is 0 Å². The number of nitrogens with zero attached hydrogens (tertiary/aromatic N) is 2. The van der Waals surface area contributed by atoms with E-state index in [2.05, 4.69) is 5.32 Å². The van der Waals surface area contributed by atoms with Crippen LogP contribution < -0.4 is 10.1 Å². The van der Waals surface area contributed by atoms with Gasteiger partial charge in [0.15, 0.2) is 0 Å². The number of fused-ring (bicyclic) bond motifs is 2. The number of aliphatic hydroxyl groups is 1. The molecule has 254 valence electrons. The molecule has 6 aromatic rings. The number of ether oxygens (including phenoxy) is 1. The van der Waals surface area contributed by atoms with Gasteiger partial charge in [0.2, 0.25) is 0 Å². The Hall–Kier alpha value is -5.09. The van der Waals surface area contributed by atoms with Crippen LogP contribution in [0.2, 0.25) is 0 Å². The van der Waals surface area contributed by atoms with Crippen molar-refractivity contribution >= 4 is 27.9 Å². The SMILES string of the molecule is CC(C)(C)S(=O)N1Cc2cc(C(=O)NCc3ccc(Oc4ccccc4)cc3)nc(-c3cccc(-c4cc5ccccc5o4)c3)c2[C@H]1CCO. The summed E-state index contributed by atoms with van der Waals surface area (Å²) in [6, 6.07) is 36.4. The number of amides is 1. The Bertz CT molecular complexity index is 2140.